The highest BCUT2D eigenvalue weighted by Crippen LogP contribution is 2.24. The average Bonchev–Trinajstić information content (AvgIpc) is 2.59. The van der Waals surface area contributed by atoms with Gasteiger partial charge in [0.25, 0.3) is 5.91 Å². The minimum atomic E-state index is -4.74. The zero-order valence-corrected chi connectivity index (χ0v) is 14.2. The quantitative estimate of drug-likeness (QED) is 0.806. The first-order valence-corrected chi connectivity index (χ1v) is 7.69. The summed E-state index contributed by atoms with van der Waals surface area (Å²) in [5.74, 6) is 0.516. The lowest BCUT2D eigenvalue weighted by Gasteiger charge is -2.16. The van der Waals surface area contributed by atoms with E-state index in [0.29, 0.717) is 17.1 Å². The molecular weight excluding hydrogens is 351 g/mol. The maximum atomic E-state index is 12.1. The Balaban J connectivity index is 1.84. The first kappa shape index (κ1) is 19.4. The van der Waals surface area contributed by atoms with Gasteiger partial charge in [0.2, 0.25) is 0 Å². The molecule has 1 N–H and O–H groups in total. The van der Waals surface area contributed by atoms with E-state index in [1.807, 2.05) is 0 Å². The first-order valence-electron chi connectivity index (χ1n) is 7.69. The van der Waals surface area contributed by atoms with Crippen molar-refractivity contribution in [1.82, 2.24) is 5.32 Å². The van der Waals surface area contributed by atoms with Crippen LogP contribution in [0.2, 0.25) is 0 Å². The van der Waals surface area contributed by atoms with Gasteiger partial charge in [-0.15, -0.1) is 13.2 Å². The van der Waals surface area contributed by atoms with Crippen molar-refractivity contribution in [3.63, 3.8) is 0 Å². The minimum absolute atomic E-state index is 0.189. The molecule has 0 fully saturated rings. The van der Waals surface area contributed by atoms with E-state index in [0.717, 1.165) is 0 Å². The molecule has 0 aliphatic rings. The molecule has 0 aliphatic carbocycles. The molecule has 1 amide bonds. The van der Waals surface area contributed by atoms with Crippen molar-refractivity contribution in [2.75, 3.05) is 13.7 Å². The molecule has 0 bridgehead atoms. The van der Waals surface area contributed by atoms with Crippen molar-refractivity contribution in [2.45, 2.75) is 19.3 Å². The van der Waals surface area contributed by atoms with Crippen LogP contribution in [0.5, 0.6) is 17.2 Å². The molecule has 2 aromatic carbocycles. The van der Waals surface area contributed by atoms with Gasteiger partial charge in [-0.25, -0.2) is 0 Å². The molecule has 26 heavy (non-hydrogen) atoms. The molecule has 0 spiro atoms. The number of carbonyl (C=O) groups is 1. The highest BCUT2D eigenvalue weighted by atomic mass is 19.4. The standard InChI is InChI=1S/C18H18F3NO4/c1-12(13-3-5-16(6-4-13)26-18(19,20)21)22-17(23)11-25-15-9-7-14(24-2)8-10-15/h3-10,12H,11H2,1-2H3,(H,22,23)/t12-/m1/s1. The van der Waals surface area contributed by atoms with Crippen LogP contribution >= 0.6 is 0 Å². The minimum Gasteiger partial charge on any atom is -0.497 e. The molecule has 0 unspecified atom stereocenters. The summed E-state index contributed by atoms with van der Waals surface area (Å²) in [5.41, 5.74) is 0.636. The highest BCUT2D eigenvalue weighted by Gasteiger charge is 2.31. The Morgan fingerprint density at radius 2 is 1.54 bits per heavy atom. The lowest BCUT2D eigenvalue weighted by Crippen LogP contribution is -2.31. The molecule has 0 radical (unpaired) electrons. The second-order valence-corrected chi connectivity index (χ2v) is 5.37. The van der Waals surface area contributed by atoms with Crippen molar-refractivity contribution in [1.29, 1.82) is 0 Å². The topological polar surface area (TPSA) is 56.8 Å². The predicted octanol–water partition coefficient (Wildman–Crippen LogP) is 3.85. The fourth-order valence-electron chi connectivity index (χ4n) is 2.15. The van der Waals surface area contributed by atoms with E-state index in [4.69, 9.17) is 9.47 Å². The number of benzene rings is 2. The molecule has 8 heteroatoms. The van der Waals surface area contributed by atoms with Crippen molar-refractivity contribution in [3.05, 3.63) is 54.1 Å². The summed E-state index contributed by atoms with van der Waals surface area (Å²) in [6, 6.07) is 11.7. The number of rotatable bonds is 7. The van der Waals surface area contributed by atoms with Crippen LogP contribution < -0.4 is 19.5 Å². The normalized spacial score (nSPS) is 12.2. The highest BCUT2D eigenvalue weighted by molar-refractivity contribution is 5.78. The van der Waals surface area contributed by atoms with Crippen molar-refractivity contribution in [2.24, 2.45) is 0 Å². The van der Waals surface area contributed by atoms with Gasteiger partial charge in [0.05, 0.1) is 13.2 Å². The first-order chi connectivity index (χ1) is 12.3. The lowest BCUT2D eigenvalue weighted by molar-refractivity contribution is -0.274. The van der Waals surface area contributed by atoms with Crippen LogP contribution in [0.25, 0.3) is 0 Å². The molecule has 1 atom stereocenters. The van der Waals surface area contributed by atoms with Gasteiger partial charge in [0.1, 0.15) is 17.2 Å². The summed E-state index contributed by atoms with van der Waals surface area (Å²) >= 11 is 0. The molecule has 0 saturated carbocycles. The second-order valence-electron chi connectivity index (χ2n) is 5.37. The zero-order chi connectivity index (χ0) is 19.2. The summed E-state index contributed by atoms with van der Waals surface area (Å²) in [5, 5.41) is 2.71. The molecule has 0 saturated heterocycles. The van der Waals surface area contributed by atoms with E-state index in [1.54, 1.807) is 38.3 Å². The Kier molecular flexibility index (Phi) is 6.32. The Bertz CT molecular complexity index is 715. The number of methoxy groups -OCH3 is 1. The van der Waals surface area contributed by atoms with Gasteiger partial charge in [-0.05, 0) is 48.9 Å². The van der Waals surface area contributed by atoms with Crippen LogP contribution in [0.1, 0.15) is 18.5 Å². The smallest absolute Gasteiger partial charge is 0.497 e. The van der Waals surface area contributed by atoms with E-state index < -0.39 is 12.4 Å². The summed E-state index contributed by atoms with van der Waals surface area (Å²) in [6.07, 6.45) is -4.74. The monoisotopic (exact) mass is 369 g/mol. The number of nitrogens with one attached hydrogen (secondary N) is 1. The fourth-order valence-corrected chi connectivity index (χ4v) is 2.15. The van der Waals surface area contributed by atoms with E-state index in [-0.39, 0.29) is 18.3 Å². The van der Waals surface area contributed by atoms with Crippen LogP contribution in [0.4, 0.5) is 13.2 Å². The van der Waals surface area contributed by atoms with Crippen LogP contribution in [-0.4, -0.2) is 26.0 Å². The van der Waals surface area contributed by atoms with E-state index >= 15 is 0 Å². The Morgan fingerprint density at radius 3 is 2.08 bits per heavy atom. The summed E-state index contributed by atoms with van der Waals surface area (Å²) in [4.78, 5) is 11.9. The number of ether oxygens (including phenoxy) is 3. The number of alkyl halides is 3. The Labute approximate surface area is 148 Å². The third-order valence-electron chi connectivity index (χ3n) is 3.42. The number of halogens is 3. The van der Waals surface area contributed by atoms with Gasteiger partial charge in [-0.1, -0.05) is 12.1 Å². The van der Waals surface area contributed by atoms with E-state index in [2.05, 4.69) is 10.1 Å². The molecule has 0 aliphatic heterocycles. The summed E-state index contributed by atoms with van der Waals surface area (Å²) in [7, 11) is 1.55. The maximum absolute atomic E-state index is 12.1. The fraction of sp³-hybridized carbons (Fsp3) is 0.278. The summed E-state index contributed by atoms with van der Waals surface area (Å²) in [6.45, 7) is 1.52. The zero-order valence-electron chi connectivity index (χ0n) is 14.2. The Hall–Kier alpha value is -2.90. The molecule has 2 aromatic rings. The third-order valence-corrected chi connectivity index (χ3v) is 3.42. The SMILES string of the molecule is COc1ccc(OCC(=O)N[C@H](C)c2ccc(OC(F)(F)F)cc2)cc1. The average molecular weight is 369 g/mol. The van der Waals surface area contributed by atoms with Gasteiger partial charge >= 0.3 is 6.36 Å². The largest absolute Gasteiger partial charge is 0.573 e. The number of amides is 1. The van der Waals surface area contributed by atoms with Crippen LogP contribution in [0.15, 0.2) is 48.5 Å². The van der Waals surface area contributed by atoms with Crippen molar-refractivity contribution < 1.29 is 32.2 Å². The van der Waals surface area contributed by atoms with Crippen LogP contribution in [0, 0.1) is 0 Å². The number of carbonyl (C=O) groups excluding carboxylic acids is 1. The van der Waals surface area contributed by atoms with Crippen LogP contribution in [0.3, 0.4) is 0 Å². The van der Waals surface area contributed by atoms with Crippen molar-refractivity contribution in [3.8, 4) is 17.2 Å². The molecule has 0 heterocycles. The predicted molar refractivity (Wildman–Crippen MR) is 88.2 cm³/mol. The van der Waals surface area contributed by atoms with E-state index in [1.165, 1.54) is 24.3 Å². The lowest BCUT2D eigenvalue weighted by atomic mass is 10.1. The molecule has 0 aromatic heterocycles. The van der Waals surface area contributed by atoms with Crippen LogP contribution in [-0.2, 0) is 4.79 Å². The second kappa shape index (κ2) is 8.46. The molecule has 2 rings (SSSR count). The van der Waals surface area contributed by atoms with Gasteiger partial charge in [-0.2, -0.15) is 0 Å². The van der Waals surface area contributed by atoms with Gasteiger partial charge in [0, 0.05) is 0 Å². The van der Waals surface area contributed by atoms with Gasteiger partial charge in [0.15, 0.2) is 6.61 Å². The van der Waals surface area contributed by atoms with Crippen molar-refractivity contribution >= 4 is 5.91 Å². The van der Waals surface area contributed by atoms with Gasteiger partial charge in [-0.3, -0.25) is 4.79 Å². The number of hydrogen-bond acceptors (Lipinski definition) is 4. The summed E-state index contributed by atoms with van der Waals surface area (Å²) < 4.78 is 50.6. The number of hydrogen-bond donors (Lipinski definition) is 1. The van der Waals surface area contributed by atoms with Gasteiger partial charge < -0.3 is 19.5 Å². The Morgan fingerprint density at radius 1 is 1.00 bits per heavy atom. The molecular formula is C18H18F3NO4. The molecule has 140 valence electrons. The van der Waals surface area contributed by atoms with E-state index in [9.17, 15) is 18.0 Å². The third kappa shape index (κ3) is 6.19. The maximum Gasteiger partial charge on any atom is 0.573 e. The molecule has 5 nitrogen and oxygen atoms in total.